The van der Waals surface area contributed by atoms with Crippen molar-refractivity contribution >= 4 is 5.82 Å². The highest BCUT2D eigenvalue weighted by Crippen LogP contribution is 2.24. The highest BCUT2D eigenvalue weighted by molar-refractivity contribution is 5.64. The lowest BCUT2D eigenvalue weighted by molar-refractivity contribution is 0.634. The SMILES string of the molecule is CCn1nc(C)c(-c2cnc(N)cn2)c1C. The molecule has 0 saturated heterocycles. The molecule has 16 heavy (non-hydrogen) atoms. The lowest BCUT2D eigenvalue weighted by Gasteiger charge is -2.02. The van der Waals surface area contributed by atoms with Crippen molar-refractivity contribution in [2.75, 3.05) is 5.73 Å². The van der Waals surface area contributed by atoms with Crippen molar-refractivity contribution in [1.82, 2.24) is 19.7 Å². The molecular formula is C11H15N5. The molecule has 0 aliphatic heterocycles. The second-order valence-corrected chi connectivity index (χ2v) is 3.69. The molecule has 0 amide bonds. The van der Waals surface area contributed by atoms with Crippen molar-refractivity contribution in [2.45, 2.75) is 27.3 Å². The van der Waals surface area contributed by atoms with Crippen molar-refractivity contribution in [2.24, 2.45) is 0 Å². The van der Waals surface area contributed by atoms with Crippen LogP contribution >= 0.6 is 0 Å². The van der Waals surface area contributed by atoms with E-state index in [1.165, 1.54) is 0 Å². The molecule has 2 aromatic rings. The Morgan fingerprint density at radius 3 is 2.50 bits per heavy atom. The molecule has 0 spiro atoms. The van der Waals surface area contributed by atoms with Gasteiger partial charge in [-0.1, -0.05) is 0 Å². The van der Waals surface area contributed by atoms with Gasteiger partial charge in [0.15, 0.2) is 0 Å². The third kappa shape index (κ3) is 1.64. The number of rotatable bonds is 2. The Labute approximate surface area is 94.3 Å². The average molecular weight is 217 g/mol. The van der Waals surface area contributed by atoms with Gasteiger partial charge in [-0.25, -0.2) is 4.98 Å². The summed E-state index contributed by atoms with van der Waals surface area (Å²) in [7, 11) is 0. The van der Waals surface area contributed by atoms with Gasteiger partial charge in [0.25, 0.3) is 0 Å². The minimum atomic E-state index is 0.432. The molecule has 2 heterocycles. The van der Waals surface area contributed by atoms with Crippen LogP contribution in [-0.2, 0) is 6.54 Å². The number of nitrogen functional groups attached to an aromatic ring is 1. The van der Waals surface area contributed by atoms with Crippen molar-refractivity contribution in [3.63, 3.8) is 0 Å². The molecule has 0 aromatic carbocycles. The molecule has 84 valence electrons. The van der Waals surface area contributed by atoms with E-state index in [9.17, 15) is 0 Å². The zero-order valence-corrected chi connectivity index (χ0v) is 9.73. The smallest absolute Gasteiger partial charge is 0.141 e. The molecule has 2 rings (SSSR count). The standard InChI is InChI=1S/C11H15N5/c1-4-16-8(3)11(7(2)15-16)9-5-14-10(12)6-13-9/h5-6H,4H2,1-3H3,(H2,12,14). The van der Waals surface area contributed by atoms with Gasteiger partial charge in [0.2, 0.25) is 0 Å². The van der Waals surface area contributed by atoms with E-state index >= 15 is 0 Å². The molecule has 0 radical (unpaired) electrons. The normalized spacial score (nSPS) is 10.7. The number of anilines is 1. The minimum Gasteiger partial charge on any atom is -0.382 e. The summed E-state index contributed by atoms with van der Waals surface area (Å²) in [5.74, 6) is 0.432. The molecule has 2 N–H and O–H groups in total. The predicted molar refractivity (Wildman–Crippen MR) is 62.8 cm³/mol. The molecule has 0 unspecified atom stereocenters. The quantitative estimate of drug-likeness (QED) is 0.828. The first-order valence-electron chi connectivity index (χ1n) is 5.25. The van der Waals surface area contributed by atoms with Crippen LogP contribution in [0.15, 0.2) is 12.4 Å². The first-order valence-corrected chi connectivity index (χ1v) is 5.25. The Balaban J connectivity index is 2.55. The maximum Gasteiger partial charge on any atom is 0.141 e. The van der Waals surface area contributed by atoms with Crippen LogP contribution in [0.1, 0.15) is 18.3 Å². The number of aromatic nitrogens is 4. The maximum atomic E-state index is 5.52. The van der Waals surface area contributed by atoms with Gasteiger partial charge in [0.05, 0.1) is 23.8 Å². The van der Waals surface area contributed by atoms with Gasteiger partial charge in [-0.05, 0) is 20.8 Å². The minimum absolute atomic E-state index is 0.432. The van der Waals surface area contributed by atoms with Crippen LogP contribution in [0.3, 0.4) is 0 Å². The predicted octanol–water partition coefficient (Wildman–Crippen LogP) is 1.56. The van der Waals surface area contributed by atoms with E-state index in [4.69, 9.17) is 5.73 Å². The summed E-state index contributed by atoms with van der Waals surface area (Å²) in [5, 5.41) is 4.45. The summed E-state index contributed by atoms with van der Waals surface area (Å²) >= 11 is 0. The van der Waals surface area contributed by atoms with Crippen LogP contribution in [0.2, 0.25) is 0 Å². The zero-order valence-electron chi connectivity index (χ0n) is 9.73. The molecule has 0 atom stereocenters. The van der Waals surface area contributed by atoms with Gasteiger partial charge in [-0.15, -0.1) is 0 Å². The first-order chi connectivity index (χ1) is 7.63. The van der Waals surface area contributed by atoms with Gasteiger partial charge < -0.3 is 5.73 Å². The second kappa shape index (κ2) is 3.92. The summed E-state index contributed by atoms with van der Waals surface area (Å²) in [6.45, 7) is 6.94. The van der Waals surface area contributed by atoms with Crippen molar-refractivity contribution < 1.29 is 0 Å². The van der Waals surface area contributed by atoms with E-state index in [0.29, 0.717) is 5.82 Å². The Kier molecular flexibility index (Phi) is 2.60. The van der Waals surface area contributed by atoms with Gasteiger partial charge >= 0.3 is 0 Å². The van der Waals surface area contributed by atoms with Crippen molar-refractivity contribution in [3.8, 4) is 11.3 Å². The van der Waals surface area contributed by atoms with E-state index in [0.717, 1.165) is 29.2 Å². The number of aryl methyl sites for hydroxylation is 2. The molecule has 2 aromatic heterocycles. The van der Waals surface area contributed by atoms with Crippen LogP contribution in [0.5, 0.6) is 0 Å². The van der Waals surface area contributed by atoms with E-state index in [1.54, 1.807) is 12.4 Å². The highest BCUT2D eigenvalue weighted by Gasteiger charge is 2.13. The molecule has 5 nitrogen and oxygen atoms in total. The van der Waals surface area contributed by atoms with E-state index in [-0.39, 0.29) is 0 Å². The molecular weight excluding hydrogens is 202 g/mol. The van der Waals surface area contributed by atoms with Crippen molar-refractivity contribution in [3.05, 3.63) is 23.8 Å². The largest absolute Gasteiger partial charge is 0.382 e. The van der Waals surface area contributed by atoms with Crippen LogP contribution in [-0.4, -0.2) is 19.7 Å². The summed E-state index contributed by atoms with van der Waals surface area (Å²) in [6.07, 6.45) is 3.25. The summed E-state index contributed by atoms with van der Waals surface area (Å²) < 4.78 is 1.96. The molecule has 0 aliphatic rings. The first kappa shape index (κ1) is 10.6. The van der Waals surface area contributed by atoms with Crippen LogP contribution < -0.4 is 5.73 Å². The van der Waals surface area contributed by atoms with Crippen LogP contribution in [0.25, 0.3) is 11.3 Å². The fraction of sp³-hybridized carbons (Fsp3) is 0.364. The third-order valence-electron chi connectivity index (χ3n) is 2.61. The third-order valence-corrected chi connectivity index (χ3v) is 2.61. The van der Waals surface area contributed by atoms with E-state index in [1.807, 2.05) is 18.5 Å². The summed E-state index contributed by atoms with van der Waals surface area (Å²) in [4.78, 5) is 8.33. The Morgan fingerprint density at radius 2 is 2.00 bits per heavy atom. The topological polar surface area (TPSA) is 69.6 Å². The van der Waals surface area contributed by atoms with E-state index < -0.39 is 0 Å². The van der Waals surface area contributed by atoms with Gasteiger partial charge in [-0.2, -0.15) is 5.10 Å². The zero-order chi connectivity index (χ0) is 11.7. The number of nitrogens with zero attached hydrogens (tertiary/aromatic N) is 4. The fourth-order valence-corrected chi connectivity index (χ4v) is 1.84. The van der Waals surface area contributed by atoms with Gasteiger partial charge in [0.1, 0.15) is 5.82 Å². The number of hydrogen-bond acceptors (Lipinski definition) is 4. The van der Waals surface area contributed by atoms with E-state index in [2.05, 4.69) is 22.0 Å². The monoisotopic (exact) mass is 217 g/mol. The van der Waals surface area contributed by atoms with Gasteiger partial charge in [0, 0.05) is 17.8 Å². The van der Waals surface area contributed by atoms with Crippen molar-refractivity contribution in [1.29, 1.82) is 0 Å². The van der Waals surface area contributed by atoms with Gasteiger partial charge in [-0.3, -0.25) is 9.67 Å². The molecule has 0 saturated carbocycles. The molecule has 0 aliphatic carbocycles. The molecule has 5 heteroatoms. The lowest BCUT2D eigenvalue weighted by atomic mass is 10.1. The Bertz CT molecular complexity index is 498. The summed E-state index contributed by atoms with van der Waals surface area (Å²) in [6, 6.07) is 0. The number of nitrogens with two attached hydrogens (primary N) is 1. The molecule has 0 bridgehead atoms. The summed E-state index contributed by atoms with van der Waals surface area (Å²) in [5.41, 5.74) is 9.47. The molecule has 0 fully saturated rings. The van der Waals surface area contributed by atoms with Crippen LogP contribution in [0, 0.1) is 13.8 Å². The second-order valence-electron chi connectivity index (χ2n) is 3.69. The van der Waals surface area contributed by atoms with Crippen LogP contribution in [0.4, 0.5) is 5.82 Å². The Morgan fingerprint density at radius 1 is 1.25 bits per heavy atom. The highest BCUT2D eigenvalue weighted by atomic mass is 15.3. The fourth-order valence-electron chi connectivity index (χ4n) is 1.84. The maximum absolute atomic E-state index is 5.52. The lowest BCUT2D eigenvalue weighted by Crippen LogP contribution is -1.99. The Hall–Kier alpha value is -1.91. The average Bonchev–Trinajstić information content (AvgIpc) is 2.56. The number of hydrogen-bond donors (Lipinski definition) is 1.